The van der Waals surface area contributed by atoms with Crippen molar-refractivity contribution in [1.82, 2.24) is 0 Å². The van der Waals surface area contributed by atoms with E-state index in [1.807, 2.05) is 0 Å². The van der Waals surface area contributed by atoms with Crippen LogP contribution in [0.1, 0.15) is 11.1 Å². The first-order valence-electron chi connectivity index (χ1n) is 23.2. The van der Waals surface area contributed by atoms with Crippen LogP contribution in [0.15, 0.2) is 279 Å². The highest BCUT2D eigenvalue weighted by molar-refractivity contribution is 5.92. The summed E-state index contributed by atoms with van der Waals surface area (Å²) in [7, 11) is 0. The fourth-order valence-electron chi connectivity index (χ4n) is 9.05. The van der Waals surface area contributed by atoms with Gasteiger partial charge in [0.15, 0.2) is 0 Å². The van der Waals surface area contributed by atoms with E-state index >= 15 is 0 Å². The Bertz CT molecular complexity index is 3420. The first-order valence-corrected chi connectivity index (χ1v) is 23.2. The average molecular weight is 869 g/mol. The van der Waals surface area contributed by atoms with Crippen LogP contribution in [0, 0.1) is 0 Å². The third kappa shape index (κ3) is 9.13. The quantitative estimate of drug-likeness (QED) is 0.113. The fraction of sp³-hybridized carbons (Fsp3) is 0. The number of rotatable bonds is 12. The molecule has 0 aliphatic heterocycles. The average Bonchev–Trinajstić information content (AvgIpc) is 3.42. The van der Waals surface area contributed by atoms with Crippen molar-refractivity contribution in [3.63, 3.8) is 0 Å². The lowest BCUT2D eigenvalue weighted by Gasteiger charge is -2.26. The molecule has 0 saturated carbocycles. The van der Waals surface area contributed by atoms with Gasteiger partial charge in [-0.05, 0) is 145 Å². The number of para-hydroxylation sites is 2. The lowest BCUT2D eigenvalue weighted by atomic mass is 10.00. The Labute approximate surface area is 399 Å². The zero-order valence-corrected chi connectivity index (χ0v) is 37.6. The van der Waals surface area contributed by atoms with Crippen molar-refractivity contribution in [2.24, 2.45) is 0 Å². The van der Waals surface area contributed by atoms with Crippen molar-refractivity contribution in [2.75, 3.05) is 9.80 Å². The van der Waals surface area contributed by atoms with Gasteiger partial charge in [-0.3, -0.25) is 0 Å². The molecule has 0 heterocycles. The molecule has 0 spiro atoms. The smallest absolute Gasteiger partial charge is 0.0468 e. The largest absolute Gasteiger partial charge is 0.311 e. The number of hydrogen-bond donors (Lipinski definition) is 0. The van der Waals surface area contributed by atoms with Crippen molar-refractivity contribution in [3.05, 3.63) is 290 Å². The molecule has 0 bridgehead atoms. The van der Waals surface area contributed by atoms with E-state index in [0.29, 0.717) is 0 Å². The van der Waals surface area contributed by atoms with Crippen molar-refractivity contribution < 1.29 is 0 Å². The second kappa shape index (κ2) is 19.2. The normalized spacial score (nSPS) is 11.2. The van der Waals surface area contributed by atoms with Gasteiger partial charge in [-0.15, -0.1) is 0 Å². The van der Waals surface area contributed by atoms with E-state index in [-0.39, 0.29) is 0 Å². The molecule has 2 heteroatoms. The van der Waals surface area contributed by atoms with Crippen molar-refractivity contribution >= 4 is 57.0 Å². The van der Waals surface area contributed by atoms with Crippen molar-refractivity contribution in [3.8, 4) is 44.5 Å². The highest BCUT2D eigenvalue weighted by Crippen LogP contribution is 2.39. The van der Waals surface area contributed by atoms with Gasteiger partial charge < -0.3 is 9.80 Å². The minimum absolute atomic E-state index is 1.10. The molecule has 322 valence electrons. The summed E-state index contributed by atoms with van der Waals surface area (Å²) in [6, 6.07) is 100.0. The zero-order valence-electron chi connectivity index (χ0n) is 37.6. The fourth-order valence-corrected chi connectivity index (χ4v) is 9.05. The Morgan fingerprint density at radius 1 is 0.191 bits per heavy atom. The number of hydrogen-bond acceptors (Lipinski definition) is 2. The molecule has 68 heavy (non-hydrogen) atoms. The maximum Gasteiger partial charge on any atom is 0.0468 e. The minimum Gasteiger partial charge on any atom is -0.311 e. The van der Waals surface area contributed by atoms with E-state index < -0.39 is 0 Å². The third-order valence-corrected chi connectivity index (χ3v) is 12.7. The van der Waals surface area contributed by atoms with E-state index in [2.05, 4.69) is 301 Å². The summed E-state index contributed by atoms with van der Waals surface area (Å²) < 4.78 is 0. The van der Waals surface area contributed by atoms with Gasteiger partial charge in [-0.2, -0.15) is 0 Å². The molecule has 0 saturated heterocycles. The molecule has 0 aromatic heterocycles. The third-order valence-electron chi connectivity index (χ3n) is 12.7. The molecule has 0 fully saturated rings. The zero-order chi connectivity index (χ0) is 45.5. The SMILES string of the molecule is C(=Cc1ccc2cc(N(c3ccccc3)c3ccc(-c4ccc(-c5ccccc5)cc4)cc3)ccc2c1)c1ccc(N(c2ccccc2)c2ccc(-c3ccc(-c4ccccc4)cc3)cc2)cc1. The molecule has 0 N–H and O–H groups in total. The second-order valence-corrected chi connectivity index (χ2v) is 17.0. The Kier molecular flexibility index (Phi) is 11.8. The van der Waals surface area contributed by atoms with Crippen LogP contribution in [0.4, 0.5) is 34.1 Å². The van der Waals surface area contributed by atoms with Gasteiger partial charge in [-0.25, -0.2) is 0 Å². The summed E-state index contributed by atoms with van der Waals surface area (Å²) in [6.07, 6.45) is 4.40. The van der Waals surface area contributed by atoms with Crippen molar-refractivity contribution in [2.45, 2.75) is 0 Å². The first kappa shape index (κ1) is 41.7. The number of anilines is 6. The Hall–Kier alpha value is -8.98. The van der Waals surface area contributed by atoms with Gasteiger partial charge in [0.1, 0.15) is 0 Å². The molecule has 0 amide bonds. The predicted octanol–water partition coefficient (Wildman–Crippen LogP) is 18.6. The highest BCUT2D eigenvalue weighted by atomic mass is 15.1. The molecular weight excluding hydrogens is 821 g/mol. The predicted molar refractivity (Wildman–Crippen MR) is 290 cm³/mol. The van der Waals surface area contributed by atoms with Crippen LogP contribution in [0.3, 0.4) is 0 Å². The summed E-state index contributed by atoms with van der Waals surface area (Å²) >= 11 is 0. The van der Waals surface area contributed by atoms with Gasteiger partial charge in [0, 0.05) is 34.1 Å². The minimum atomic E-state index is 1.10. The van der Waals surface area contributed by atoms with Crippen LogP contribution in [-0.2, 0) is 0 Å². The van der Waals surface area contributed by atoms with E-state index in [0.717, 1.165) is 45.3 Å². The van der Waals surface area contributed by atoms with Crippen LogP contribution < -0.4 is 9.80 Å². The molecule has 11 aromatic rings. The van der Waals surface area contributed by atoms with Crippen LogP contribution in [0.25, 0.3) is 67.4 Å². The van der Waals surface area contributed by atoms with Gasteiger partial charge in [-0.1, -0.05) is 212 Å². The maximum atomic E-state index is 2.33. The van der Waals surface area contributed by atoms with Crippen LogP contribution in [0.5, 0.6) is 0 Å². The Morgan fingerprint density at radius 3 is 0.882 bits per heavy atom. The Balaban J connectivity index is 0.804. The lowest BCUT2D eigenvalue weighted by Crippen LogP contribution is -2.09. The molecule has 0 aliphatic carbocycles. The highest BCUT2D eigenvalue weighted by Gasteiger charge is 2.15. The first-order chi connectivity index (χ1) is 33.7. The van der Waals surface area contributed by atoms with E-state index in [1.165, 1.54) is 55.3 Å². The van der Waals surface area contributed by atoms with Gasteiger partial charge in [0.05, 0.1) is 0 Å². The molecule has 2 nitrogen and oxygen atoms in total. The van der Waals surface area contributed by atoms with Crippen LogP contribution >= 0.6 is 0 Å². The molecule has 0 unspecified atom stereocenters. The molecule has 0 radical (unpaired) electrons. The molecular formula is C66H48N2. The van der Waals surface area contributed by atoms with E-state index in [9.17, 15) is 0 Å². The molecule has 0 aliphatic rings. The Morgan fingerprint density at radius 2 is 0.456 bits per heavy atom. The second-order valence-electron chi connectivity index (χ2n) is 17.0. The topological polar surface area (TPSA) is 6.48 Å². The number of benzene rings is 11. The van der Waals surface area contributed by atoms with Gasteiger partial charge in [0.2, 0.25) is 0 Å². The summed E-state index contributed by atoms with van der Waals surface area (Å²) in [5.41, 5.74) is 18.6. The standard InChI is InChI=1S/C66H48N2/c1-5-13-51(14-6-1)53-27-31-55(32-28-53)57-35-42-64(43-36-57)67(61-17-9-3-10-18-61)63-40-24-49(25-41-63)21-22-50-23-26-60-48-66(46-39-59(60)47-50)68(62-19-11-4-12-20-62)65-44-37-58(38-45-65)56-33-29-54(30-34-56)52-15-7-2-8-16-52/h1-48H. The van der Waals surface area contributed by atoms with E-state index in [1.54, 1.807) is 0 Å². The van der Waals surface area contributed by atoms with Gasteiger partial charge >= 0.3 is 0 Å². The summed E-state index contributed by atoms with van der Waals surface area (Å²) in [5, 5.41) is 2.39. The van der Waals surface area contributed by atoms with Crippen molar-refractivity contribution in [1.29, 1.82) is 0 Å². The molecule has 0 atom stereocenters. The maximum absolute atomic E-state index is 2.33. The number of nitrogens with zero attached hydrogens (tertiary/aromatic N) is 2. The van der Waals surface area contributed by atoms with Crippen LogP contribution in [-0.4, -0.2) is 0 Å². The number of fused-ring (bicyclic) bond motifs is 1. The van der Waals surface area contributed by atoms with Gasteiger partial charge in [0.25, 0.3) is 0 Å². The molecule has 11 aromatic carbocycles. The summed E-state index contributed by atoms with van der Waals surface area (Å²) in [5.74, 6) is 0. The van der Waals surface area contributed by atoms with E-state index in [4.69, 9.17) is 0 Å². The lowest BCUT2D eigenvalue weighted by molar-refractivity contribution is 1.28. The summed E-state index contributed by atoms with van der Waals surface area (Å²) in [6.45, 7) is 0. The van der Waals surface area contributed by atoms with Crippen LogP contribution in [0.2, 0.25) is 0 Å². The summed E-state index contributed by atoms with van der Waals surface area (Å²) in [4.78, 5) is 4.65. The molecule has 11 rings (SSSR count). The monoisotopic (exact) mass is 868 g/mol.